The van der Waals surface area contributed by atoms with Crippen molar-refractivity contribution in [2.75, 3.05) is 14.2 Å². The first-order chi connectivity index (χ1) is 16.6. The summed E-state index contributed by atoms with van der Waals surface area (Å²) in [5.74, 6) is -1.66. The third-order valence-electron chi connectivity index (χ3n) is 6.76. The Morgan fingerprint density at radius 3 is 1.38 bits per heavy atom. The summed E-state index contributed by atoms with van der Waals surface area (Å²) >= 11 is 0. The van der Waals surface area contributed by atoms with Gasteiger partial charge in [-0.15, -0.1) is 10.2 Å². The molecule has 0 saturated carbocycles. The molecule has 3 heterocycles. The first-order valence-electron chi connectivity index (χ1n) is 10.8. The van der Waals surface area contributed by atoms with E-state index in [1.807, 2.05) is 66.7 Å². The van der Waals surface area contributed by atoms with Gasteiger partial charge in [-0.3, -0.25) is 0 Å². The molecule has 2 aliphatic heterocycles. The van der Waals surface area contributed by atoms with Gasteiger partial charge in [-0.1, -0.05) is 78.9 Å². The summed E-state index contributed by atoms with van der Waals surface area (Å²) in [5, 5.41) is 9.33. The average Bonchev–Trinajstić information content (AvgIpc) is 3.44. The standard InChI is InChI=1S/C25H21N5O4/c1-33-25(34-2)23(18-12-6-3-7-13-18)26-27-24(25,19-14-8-4-9-15-19)30-22(32)28(21(31)29(23)30)20-16-10-5-11-17-20/h3-17H,1-2H3/t23-,24+. The minimum absolute atomic E-state index is 0.443. The van der Waals surface area contributed by atoms with Crippen molar-refractivity contribution >= 4 is 0 Å². The summed E-state index contributed by atoms with van der Waals surface area (Å²) in [6.45, 7) is 0. The normalized spacial score (nSPS) is 23.8. The van der Waals surface area contributed by atoms with Gasteiger partial charge in [0.2, 0.25) is 0 Å². The van der Waals surface area contributed by atoms with Gasteiger partial charge in [0.05, 0.1) is 5.69 Å². The average molecular weight is 455 g/mol. The van der Waals surface area contributed by atoms with Gasteiger partial charge in [-0.2, -0.15) is 9.36 Å². The molecule has 170 valence electrons. The Bertz CT molecular complexity index is 1430. The highest BCUT2D eigenvalue weighted by molar-refractivity contribution is 5.43. The van der Waals surface area contributed by atoms with Crippen molar-refractivity contribution in [3.63, 3.8) is 0 Å². The number of rotatable bonds is 5. The second kappa shape index (κ2) is 6.96. The van der Waals surface area contributed by atoms with Crippen molar-refractivity contribution in [2.24, 2.45) is 10.2 Å². The molecule has 1 aromatic heterocycles. The highest BCUT2D eigenvalue weighted by Crippen LogP contribution is 2.61. The highest BCUT2D eigenvalue weighted by atomic mass is 16.7. The fraction of sp³-hybridized carbons (Fsp3) is 0.200. The van der Waals surface area contributed by atoms with Crippen LogP contribution in [0.15, 0.2) is 111 Å². The number of aromatic nitrogens is 3. The minimum atomic E-state index is -1.66. The van der Waals surface area contributed by atoms with Crippen LogP contribution in [0.4, 0.5) is 0 Å². The lowest BCUT2D eigenvalue weighted by Gasteiger charge is -2.40. The van der Waals surface area contributed by atoms with Crippen LogP contribution in [0.5, 0.6) is 0 Å². The topological polar surface area (TPSA) is 92.1 Å². The van der Waals surface area contributed by atoms with E-state index in [2.05, 4.69) is 10.2 Å². The molecule has 9 heteroatoms. The molecule has 0 amide bonds. The molecule has 2 aliphatic rings. The molecule has 6 rings (SSSR count). The molecule has 4 aromatic rings. The number of fused-ring (bicyclic) bond motifs is 5. The molecular formula is C25H21N5O4. The Balaban J connectivity index is 1.83. The molecule has 0 aliphatic carbocycles. The molecule has 0 N–H and O–H groups in total. The first kappa shape index (κ1) is 20.5. The first-order valence-corrected chi connectivity index (χ1v) is 10.8. The third-order valence-corrected chi connectivity index (χ3v) is 6.76. The summed E-state index contributed by atoms with van der Waals surface area (Å²) in [4.78, 5) is 28.1. The number of methoxy groups -OCH3 is 2. The number of benzene rings is 3. The zero-order valence-electron chi connectivity index (χ0n) is 18.5. The van der Waals surface area contributed by atoms with Crippen LogP contribution in [0.25, 0.3) is 5.69 Å². The molecule has 34 heavy (non-hydrogen) atoms. The predicted molar refractivity (Wildman–Crippen MR) is 123 cm³/mol. The van der Waals surface area contributed by atoms with Crippen molar-refractivity contribution < 1.29 is 9.47 Å². The lowest BCUT2D eigenvalue weighted by Crippen LogP contribution is -2.61. The zero-order chi connectivity index (χ0) is 23.6. The Morgan fingerprint density at radius 1 is 0.618 bits per heavy atom. The van der Waals surface area contributed by atoms with Crippen LogP contribution in [-0.2, 0) is 20.8 Å². The van der Waals surface area contributed by atoms with Gasteiger partial charge < -0.3 is 9.47 Å². The summed E-state index contributed by atoms with van der Waals surface area (Å²) < 4.78 is 16.0. The molecule has 0 spiro atoms. The lowest BCUT2D eigenvalue weighted by atomic mass is 9.82. The number of para-hydroxylation sites is 1. The fourth-order valence-corrected chi connectivity index (χ4v) is 5.42. The van der Waals surface area contributed by atoms with Gasteiger partial charge in [0.1, 0.15) is 0 Å². The smallest absolute Gasteiger partial charge is 0.345 e. The molecule has 2 atom stereocenters. The number of azo groups is 1. The van der Waals surface area contributed by atoms with E-state index < -0.39 is 28.5 Å². The number of nitrogens with zero attached hydrogens (tertiary/aromatic N) is 5. The van der Waals surface area contributed by atoms with E-state index in [1.54, 1.807) is 24.3 Å². The van der Waals surface area contributed by atoms with E-state index in [9.17, 15) is 9.59 Å². The number of hydrogen-bond donors (Lipinski definition) is 0. The van der Waals surface area contributed by atoms with Gasteiger partial charge >= 0.3 is 11.4 Å². The SMILES string of the molecule is COC1(OC)[C@]2(c3ccccc3)N=N[C@@]1(c1ccccc1)n1c(=O)n(-c3ccccc3)c(=O)n12. The van der Waals surface area contributed by atoms with Crippen LogP contribution in [0.2, 0.25) is 0 Å². The molecule has 0 radical (unpaired) electrons. The maximum atomic E-state index is 14.0. The zero-order valence-corrected chi connectivity index (χ0v) is 18.5. The fourth-order valence-electron chi connectivity index (χ4n) is 5.42. The maximum Gasteiger partial charge on any atom is 0.354 e. The van der Waals surface area contributed by atoms with Gasteiger partial charge in [-0.05, 0) is 12.1 Å². The van der Waals surface area contributed by atoms with Gasteiger partial charge in [-0.25, -0.2) is 14.2 Å². The van der Waals surface area contributed by atoms with Crippen LogP contribution >= 0.6 is 0 Å². The molecule has 0 unspecified atom stereocenters. The van der Waals surface area contributed by atoms with Gasteiger partial charge in [0.15, 0.2) is 0 Å². The van der Waals surface area contributed by atoms with E-state index in [1.165, 1.54) is 23.6 Å². The van der Waals surface area contributed by atoms with Crippen molar-refractivity contribution in [3.05, 3.63) is 123 Å². The van der Waals surface area contributed by atoms with Gasteiger partial charge in [0, 0.05) is 25.3 Å². The second-order valence-electron chi connectivity index (χ2n) is 8.16. The maximum absolute atomic E-state index is 14.0. The Hall–Kier alpha value is -4.08. The Morgan fingerprint density at radius 2 is 1.00 bits per heavy atom. The van der Waals surface area contributed by atoms with Crippen molar-refractivity contribution in [3.8, 4) is 5.69 Å². The summed E-state index contributed by atoms with van der Waals surface area (Å²) in [5.41, 5.74) is -2.70. The van der Waals surface area contributed by atoms with Crippen molar-refractivity contribution in [2.45, 2.75) is 17.1 Å². The van der Waals surface area contributed by atoms with E-state index in [-0.39, 0.29) is 0 Å². The van der Waals surface area contributed by atoms with Crippen LogP contribution < -0.4 is 11.4 Å². The number of ether oxygens (including phenoxy) is 2. The second-order valence-corrected chi connectivity index (χ2v) is 8.16. The van der Waals surface area contributed by atoms with Crippen LogP contribution in [0.3, 0.4) is 0 Å². The minimum Gasteiger partial charge on any atom is -0.345 e. The molecule has 9 nitrogen and oxygen atoms in total. The summed E-state index contributed by atoms with van der Waals surface area (Å²) in [7, 11) is 2.95. The Kier molecular flexibility index (Phi) is 4.20. The summed E-state index contributed by atoms with van der Waals surface area (Å²) in [6.07, 6.45) is 0. The molecule has 0 saturated heterocycles. The largest absolute Gasteiger partial charge is 0.354 e. The van der Waals surface area contributed by atoms with Crippen LogP contribution in [0, 0.1) is 0 Å². The quantitative estimate of drug-likeness (QED) is 0.433. The van der Waals surface area contributed by atoms with Crippen LogP contribution in [-0.4, -0.2) is 33.9 Å². The summed E-state index contributed by atoms with van der Waals surface area (Å²) in [6, 6.07) is 27.1. The number of hydrogen-bond acceptors (Lipinski definition) is 6. The third kappa shape index (κ3) is 2.07. The van der Waals surface area contributed by atoms with Crippen molar-refractivity contribution in [1.29, 1.82) is 0 Å². The van der Waals surface area contributed by atoms with Gasteiger partial charge in [0.25, 0.3) is 17.1 Å². The molecule has 0 fully saturated rings. The van der Waals surface area contributed by atoms with Crippen molar-refractivity contribution in [1.82, 2.24) is 13.9 Å². The molecular weight excluding hydrogens is 434 g/mol. The molecule has 2 bridgehead atoms. The van der Waals surface area contributed by atoms with E-state index in [0.717, 1.165) is 4.57 Å². The van der Waals surface area contributed by atoms with E-state index in [0.29, 0.717) is 16.8 Å². The Labute approximate surface area is 194 Å². The lowest BCUT2D eigenvalue weighted by molar-refractivity contribution is -0.266. The monoisotopic (exact) mass is 455 g/mol. The van der Waals surface area contributed by atoms with E-state index in [4.69, 9.17) is 9.47 Å². The highest BCUT2D eigenvalue weighted by Gasteiger charge is 2.81. The van der Waals surface area contributed by atoms with E-state index >= 15 is 0 Å². The van der Waals surface area contributed by atoms with Crippen LogP contribution in [0.1, 0.15) is 11.1 Å². The molecule has 3 aromatic carbocycles. The predicted octanol–water partition coefficient (Wildman–Crippen LogP) is 2.67.